The van der Waals surface area contributed by atoms with E-state index in [9.17, 15) is 9.90 Å². The lowest BCUT2D eigenvalue weighted by molar-refractivity contribution is -0.137. The molecule has 38 heavy (non-hydrogen) atoms. The van der Waals surface area contributed by atoms with Crippen LogP contribution in [0.1, 0.15) is 86.0 Å². The topological polar surface area (TPSA) is 72.6 Å². The van der Waals surface area contributed by atoms with Crippen LogP contribution in [-0.2, 0) is 17.6 Å². The summed E-state index contributed by atoms with van der Waals surface area (Å²) in [6.45, 7) is 4.55. The van der Waals surface area contributed by atoms with E-state index in [1.54, 1.807) is 31.0 Å². The Kier molecular flexibility index (Phi) is 7.85. The highest BCUT2D eigenvalue weighted by Gasteiger charge is 2.40. The van der Waals surface area contributed by atoms with Crippen LogP contribution in [0, 0.1) is 11.2 Å². The molecule has 2 saturated carbocycles. The molecule has 2 aromatic carbocycles. The van der Waals surface area contributed by atoms with E-state index in [0.717, 1.165) is 48.1 Å². The van der Waals surface area contributed by atoms with Gasteiger partial charge < -0.3 is 14.4 Å². The minimum atomic E-state index is -0.767. The van der Waals surface area contributed by atoms with Crippen molar-refractivity contribution < 1.29 is 23.6 Å². The maximum absolute atomic E-state index is 15.0. The van der Waals surface area contributed by atoms with Crippen molar-refractivity contribution in [1.82, 2.24) is 5.16 Å². The van der Waals surface area contributed by atoms with Gasteiger partial charge in [0.15, 0.2) is 0 Å². The standard InChI is InChI=1S/C31H36FNO4S/c1-31(2)15-5-8-24(31)29-26(37-33-30(29)23-17-21(36-3)10-13-25(23)32)14-9-19-6-4-7-20(16-19)27(18-28(34)35)38-22-11-12-22/h4,6-7,10,13,16-17,22,24,27H,5,8-9,11-12,14-15,18H2,1-3H3,(H,34,35). The Balaban J connectivity index is 1.44. The normalized spacial score (nSPS) is 19.4. The van der Waals surface area contributed by atoms with E-state index in [1.807, 2.05) is 12.1 Å². The van der Waals surface area contributed by atoms with Crippen LogP contribution in [0.3, 0.4) is 0 Å². The van der Waals surface area contributed by atoms with Gasteiger partial charge in [-0.3, -0.25) is 4.79 Å². The molecule has 0 spiro atoms. The molecule has 7 heteroatoms. The number of halogens is 1. The Morgan fingerprint density at radius 2 is 2.03 bits per heavy atom. The first-order chi connectivity index (χ1) is 18.2. The number of benzene rings is 2. The lowest BCUT2D eigenvalue weighted by Crippen LogP contribution is -2.17. The molecule has 5 nitrogen and oxygen atoms in total. The molecule has 2 unspecified atom stereocenters. The molecule has 0 saturated heterocycles. The molecular weight excluding hydrogens is 501 g/mol. The number of aryl methyl sites for hydroxylation is 2. The molecule has 2 fully saturated rings. The summed E-state index contributed by atoms with van der Waals surface area (Å²) in [7, 11) is 1.57. The van der Waals surface area contributed by atoms with Crippen LogP contribution in [0.15, 0.2) is 47.0 Å². The van der Waals surface area contributed by atoms with E-state index >= 15 is 4.39 Å². The number of ether oxygens (including phenoxy) is 1. The predicted molar refractivity (Wildman–Crippen MR) is 148 cm³/mol. The second-order valence-electron chi connectivity index (χ2n) is 11.3. The lowest BCUT2D eigenvalue weighted by atomic mass is 9.76. The summed E-state index contributed by atoms with van der Waals surface area (Å²) < 4.78 is 26.4. The van der Waals surface area contributed by atoms with Gasteiger partial charge in [-0.2, -0.15) is 0 Å². The second kappa shape index (κ2) is 11.1. The average Bonchev–Trinajstić information content (AvgIpc) is 3.51. The first-order valence-electron chi connectivity index (χ1n) is 13.5. The minimum Gasteiger partial charge on any atom is -0.497 e. The summed E-state index contributed by atoms with van der Waals surface area (Å²) in [6.07, 6.45) is 7.08. The monoisotopic (exact) mass is 537 g/mol. The number of nitrogens with zero attached hydrogens (tertiary/aromatic N) is 1. The molecule has 3 aromatic rings. The van der Waals surface area contributed by atoms with Gasteiger partial charge in [0.2, 0.25) is 0 Å². The van der Waals surface area contributed by atoms with Crippen molar-refractivity contribution in [2.75, 3.05) is 7.11 Å². The highest BCUT2D eigenvalue weighted by molar-refractivity contribution is 8.00. The van der Waals surface area contributed by atoms with E-state index in [2.05, 4.69) is 31.1 Å². The van der Waals surface area contributed by atoms with Gasteiger partial charge in [-0.1, -0.05) is 49.7 Å². The molecule has 5 rings (SSSR count). The number of hydrogen-bond acceptors (Lipinski definition) is 5. The number of carboxylic acids is 1. The summed E-state index contributed by atoms with van der Waals surface area (Å²) >= 11 is 1.78. The van der Waals surface area contributed by atoms with E-state index < -0.39 is 5.97 Å². The highest BCUT2D eigenvalue weighted by atomic mass is 32.2. The molecule has 2 aliphatic rings. The smallest absolute Gasteiger partial charge is 0.304 e. The van der Waals surface area contributed by atoms with Gasteiger partial charge in [0.1, 0.15) is 23.0 Å². The fourth-order valence-corrected chi connectivity index (χ4v) is 7.20. The van der Waals surface area contributed by atoms with Crippen molar-refractivity contribution >= 4 is 17.7 Å². The number of thioether (sulfide) groups is 1. The van der Waals surface area contributed by atoms with Crippen LogP contribution >= 0.6 is 11.8 Å². The van der Waals surface area contributed by atoms with Crippen LogP contribution in [0.25, 0.3) is 11.3 Å². The minimum absolute atomic E-state index is 0.0392. The van der Waals surface area contributed by atoms with Gasteiger partial charge in [-0.15, -0.1) is 11.8 Å². The van der Waals surface area contributed by atoms with Crippen molar-refractivity contribution in [2.24, 2.45) is 5.41 Å². The summed E-state index contributed by atoms with van der Waals surface area (Å²) in [5, 5.41) is 14.4. The maximum atomic E-state index is 15.0. The molecule has 202 valence electrons. The zero-order chi connectivity index (χ0) is 26.9. The average molecular weight is 538 g/mol. The third-order valence-corrected chi connectivity index (χ3v) is 9.67. The zero-order valence-corrected chi connectivity index (χ0v) is 23.2. The molecular formula is C31H36FNO4S. The van der Waals surface area contributed by atoms with Crippen molar-refractivity contribution in [2.45, 2.75) is 81.6 Å². The highest BCUT2D eigenvalue weighted by Crippen LogP contribution is 2.52. The second-order valence-corrected chi connectivity index (χ2v) is 12.8. The van der Waals surface area contributed by atoms with E-state index in [0.29, 0.717) is 28.7 Å². The molecule has 0 bridgehead atoms. The van der Waals surface area contributed by atoms with E-state index in [1.165, 1.54) is 18.9 Å². The van der Waals surface area contributed by atoms with Crippen molar-refractivity contribution in [3.05, 3.63) is 70.7 Å². The number of rotatable bonds is 11. The number of methoxy groups -OCH3 is 1. The van der Waals surface area contributed by atoms with E-state index in [-0.39, 0.29) is 28.8 Å². The summed E-state index contributed by atoms with van der Waals surface area (Å²) in [6, 6.07) is 13.0. The van der Waals surface area contributed by atoms with Gasteiger partial charge in [0.05, 0.1) is 13.5 Å². The number of aliphatic carboxylic acids is 1. The Morgan fingerprint density at radius 3 is 2.71 bits per heavy atom. The molecule has 1 aromatic heterocycles. The van der Waals surface area contributed by atoms with Crippen LogP contribution in [0.5, 0.6) is 5.75 Å². The fourth-order valence-electron chi connectivity index (χ4n) is 5.79. The van der Waals surface area contributed by atoms with Crippen molar-refractivity contribution in [1.29, 1.82) is 0 Å². The Bertz CT molecular complexity index is 1300. The number of carboxylic acid groups (broad SMARTS) is 1. The largest absolute Gasteiger partial charge is 0.497 e. The van der Waals surface area contributed by atoms with Crippen LogP contribution < -0.4 is 4.74 Å². The SMILES string of the molecule is COc1ccc(F)c(-c2noc(CCc3cccc(C(CC(=O)O)SC4CC4)c3)c2C2CCCC2(C)C)c1. The fraction of sp³-hybridized carbons (Fsp3) is 0.484. The predicted octanol–water partition coefficient (Wildman–Crippen LogP) is 7.98. The van der Waals surface area contributed by atoms with Crippen LogP contribution in [0.2, 0.25) is 0 Å². The van der Waals surface area contributed by atoms with Gasteiger partial charge in [0, 0.05) is 28.0 Å². The van der Waals surface area contributed by atoms with Gasteiger partial charge in [-0.05, 0) is 72.8 Å². The number of hydrogen-bond donors (Lipinski definition) is 1. The Hall–Kier alpha value is -2.80. The lowest BCUT2D eigenvalue weighted by Gasteiger charge is -2.27. The zero-order valence-electron chi connectivity index (χ0n) is 22.3. The first kappa shape index (κ1) is 26.8. The van der Waals surface area contributed by atoms with Crippen LogP contribution in [0.4, 0.5) is 4.39 Å². The molecule has 0 aliphatic heterocycles. The summed E-state index contributed by atoms with van der Waals surface area (Å²) in [4.78, 5) is 11.5. The van der Waals surface area contributed by atoms with Crippen LogP contribution in [-0.4, -0.2) is 28.6 Å². The molecule has 0 radical (unpaired) electrons. The number of carbonyl (C=O) groups is 1. The van der Waals surface area contributed by atoms with Gasteiger partial charge in [0.25, 0.3) is 0 Å². The molecule has 0 amide bonds. The summed E-state index contributed by atoms with van der Waals surface area (Å²) in [5.74, 6) is 0.511. The Morgan fingerprint density at radius 1 is 1.21 bits per heavy atom. The molecule has 1 N–H and O–H groups in total. The number of aromatic nitrogens is 1. The van der Waals surface area contributed by atoms with Crippen molar-refractivity contribution in [3.8, 4) is 17.0 Å². The first-order valence-corrected chi connectivity index (χ1v) is 14.5. The molecule has 2 aliphatic carbocycles. The van der Waals surface area contributed by atoms with Crippen molar-refractivity contribution in [3.63, 3.8) is 0 Å². The van der Waals surface area contributed by atoms with E-state index in [4.69, 9.17) is 9.26 Å². The Labute approximate surface area is 228 Å². The third-order valence-electron chi connectivity index (χ3n) is 8.04. The van der Waals surface area contributed by atoms with Gasteiger partial charge in [-0.25, -0.2) is 4.39 Å². The quantitative estimate of drug-likeness (QED) is 0.267. The molecule has 2 atom stereocenters. The third kappa shape index (κ3) is 5.93. The molecule has 1 heterocycles. The maximum Gasteiger partial charge on any atom is 0.304 e. The summed E-state index contributed by atoms with van der Waals surface area (Å²) in [5.41, 5.74) is 4.27. The van der Waals surface area contributed by atoms with Gasteiger partial charge >= 0.3 is 5.97 Å².